The van der Waals surface area contributed by atoms with E-state index in [-0.39, 0.29) is 11.8 Å². The van der Waals surface area contributed by atoms with E-state index in [1.165, 1.54) is 25.7 Å². The summed E-state index contributed by atoms with van der Waals surface area (Å²) in [6, 6.07) is 8.65. The van der Waals surface area contributed by atoms with Crippen molar-refractivity contribution in [3.05, 3.63) is 24.3 Å². The topological polar surface area (TPSA) is 59.0 Å². The molecule has 2 fully saturated rings. The molecule has 23 heavy (non-hydrogen) atoms. The Hall–Kier alpha value is -1.88. The number of para-hydroxylation sites is 2. The first kappa shape index (κ1) is 14.7. The van der Waals surface area contributed by atoms with E-state index in [0.29, 0.717) is 6.04 Å². The molecule has 2 aromatic rings. The van der Waals surface area contributed by atoms with Gasteiger partial charge in [-0.15, -0.1) is 0 Å². The van der Waals surface area contributed by atoms with Crippen LogP contribution in [0, 0.1) is 5.92 Å². The molecular weight excluding hydrogens is 288 g/mol. The number of carbonyl (C=O) groups excluding carboxylic acids is 1. The van der Waals surface area contributed by atoms with E-state index >= 15 is 0 Å². The average molecular weight is 312 g/mol. The summed E-state index contributed by atoms with van der Waals surface area (Å²) in [5, 5.41) is 6.43. The van der Waals surface area contributed by atoms with Crippen molar-refractivity contribution in [2.45, 2.75) is 44.6 Å². The molecule has 2 N–H and O–H groups in total. The number of hydrogen-bond donors (Lipinski definition) is 2. The second-order valence-corrected chi connectivity index (χ2v) is 6.76. The molecule has 0 bridgehead atoms. The normalized spacial score (nSPS) is 22.5. The van der Waals surface area contributed by atoms with E-state index in [4.69, 9.17) is 4.98 Å². The predicted molar refractivity (Wildman–Crippen MR) is 91.5 cm³/mol. The van der Waals surface area contributed by atoms with Crippen LogP contribution >= 0.6 is 0 Å². The first-order valence-electron chi connectivity index (χ1n) is 8.81. The minimum absolute atomic E-state index is 0.0561. The van der Waals surface area contributed by atoms with Gasteiger partial charge in [0.25, 0.3) is 0 Å². The highest BCUT2D eigenvalue weighted by Gasteiger charge is 2.26. The average Bonchev–Trinajstić information content (AvgIpc) is 3.22. The minimum atomic E-state index is 0.0561. The molecule has 0 radical (unpaired) electrons. The quantitative estimate of drug-likeness (QED) is 0.915. The maximum Gasteiger partial charge on any atom is 0.231 e. The highest BCUT2D eigenvalue weighted by atomic mass is 16.2. The number of carbonyl (C=O) groups is 1. The summed E-state index contributed by atoms with van der Waals surface area (Å²) in [7, 11) is 0. The number of anilines is 1. The summed E-state index contributed by atoms with van der Waals surface area (Å²) in [6.07, 6.45) is 6.90. The molecule has 2 heterocycles. The van der Waals surface area contributed by atoms with E-state index in [0.717, 1.165) is 42.9 Å². The number of imidazole rings is 1. The molecule has 1 saturated heterocycles. The number of fused-ring (bicyclic) bond motifs is 1. The first-order valence-corrected chi connectivity index (χ1v) is 8.81. The highest BCUT2D eigenvalue weighted by molar-refractivity contribution is 5.93. The number of amides is 1. The Morgan fingerprint density at radius 3 is 2.78 bits per heavy atom. The molecule has 1 aliphatic heterocycles. The Bertz CT molecular complexity index is 696. The molecule has 0 spiro atoms. The Morgan fingerprint density at radius 2 is 2.00 bits per heavy atom. The fraction of sp³-hybridized carbons (Fsp3) is 0.556. The smallest absolute Gasteiger partial charge is 0.231 e. The first-order chi connectivity index (χ1) is 11.3. The van der Waals surface area contributed by atoms with Crippen LogP contribution in [0.3, 0.4) is 0 Å². The van der Waals surface area contributed by atoms with Crippen molar-refractivity contribution >= 4 is 22.9 Å². The van der Waals surface area contributed by atoms with Crippen molar-refractivity contribution in [3.63, 3.8) is 0 Å². The molecular formula is C18H24N4O. The van der Waals surface area contributed by atoms with Gasteiger partial charge >= 0.3 is 0 Å². The highest BCUT2D eigenvalue weighted by Crippen LogP contribution is 2.35. The van der Waals surface area contributed by atoms with Gasteiger partial charge in [-0.2, -0.15) is 0 Å². The molecule has 1 aromatic heterocycles. The lowest BCUT2D eigenvalue weighted by Gasteiger charge is -2.23. The molecule has 1 unspecified atom stereocenters. The molecule has 1 aromatic carbocycles. The van der Waals surface area contributed by atoms with Crippen LogP contribution in [0.5, 0.6) is 0 Å². The van der Waals surface area contributed by atoms with Gasteiger partial charge in [0.1, 0.15) is 0 Å². The van der Waals surface area contributed by atoms with Crippen molar-refractivity contribution in [1.29, 1.82) is 0 Å². The summed E-state index contributed by atoms with van der Waals surface area (Å²) >= 11 is 0. The van der Waals surface area contributed by atoms with Gasteiger partial charge in [-0.25, -0.2) is 4.98 Å². The lowest BCUT2D eigenvalue weighted by atomic mass is 9.99. The van der Waals surface area contributed by atoms with Crippen LogP contribution in [0.2, 0.25) is 0 Å². The SMILES string of the molecule is O=C(Nc1nc2ccccc2n1C1CCCC1)C1CCCNC1. The molecule has 1 aliphatic carbocycles. The third-order valence-corrected chi connectivity index (χ3v) is 5.19. The molecule has 2 aliphatic rings. The van der Waals surface area contributed by atoms with E-state index < -0.39 is 0 Å². The fourth-order valence-electron chi connectivity index (χ4n) is 3.95. The van der Waals surface area contributed by atoms with Gasteiger partial charge in [-0.1, -0.05) is 25.0 Å². The summed E-state index contributed by atoms with van der Waals surface area (Å²) < 4.78 is 2.26. The third-order valence-electron chi connectivity index (χ3n) is 5.19. The Kier molecular flexibility index (Phi) is 4.04. The lowest BCUT2D eigenvalue weighted by Crippen LogP contribution is -2.37. The van der Waals surface area contributed by atoms with Crippen LogP contribution in [-0.2, 0) is 4.79 Å². The zero-order valence-corrected chi connectivity index (χ0v) is 13.4. The van der Waals surface area contributed by atoms with Gasteiger partial charge in [0.2, 0.25) is 11.9 Å². The van der Waals surface area contributed by atoms with Crippen molar-refractivity contribution in [3.8, 4) is 0 Å². The Morgan fingerprint density at radius 1 is 1.17 bits per heavy atom. The van der Waals surface area contributed by atoms with Crippen molar-refractivity contribution in [2.24, 2.45) is 5.92 Å². The maximum absolute atomic E-state index is 12.6. The van der Waals surface area contributed by atoms with Crippen LogP contribution in [0.1, 0.15) is 44.6 Å². The number of aromatic nitrogens is 2. The number of piperidine rings is 1. The van der Waals surface area contributed by atoms with E-state index in [1.54, 1.807) is 0 Å². The second kappa shape index (κ2) is 6.32. The lowest BCUT2D eigenvalue weighted by molar-refractivity contribution is -0.120. The second-order valence-electron chi connectivity index (χ2n) is 6.76. The van der Waals surface area contributed by atoms with Gasteiger partial charge < -0.3 is 9.88 Å². The summed E-state index contributed by atoms with van der Waals surface area (Å²) in [5.74, 6) is 0.890. The zero-order chi connectivity index (χ0) is 15.6. The van der Waals surface area contributed by atoms with Crippen LogP contribution in [0.15, 0.2) is 24.3 Å². The summed E-state index contributed by atoms with van der Waals surface area (Å²) in [6.45, 7) is 1.79. The van der Waals surface area contributed by atoms with Gasteiger partial charge in [0, 0.05) is 12.6 Å². The number of nitrogens with zero attached hydrogens (tertiary/aromatic N) is 2. The van der Waals surface area contributed by atoms with Crippen LogP contribution in [0.25, 0.3) is 11.0 Å². The van der Waals surface area contributed by atoms with E-state index in [1.807, 2.05) is 18.2 Å². The van der Waals surface area contributed by atoms with Crippen molar-refractivity contribution in [1.82, 2.24) is 14.9 Å². The number of hydrogen-bond acceptors (Lipinski definition) is 3. The van der Waals surface area contributed by atoms with Crippen molar-refractivity contribution < 1.29 is 4.79 Å². The van der Waals surface area contributed by atoms with Crippen LogP contribution in [0.4, 0.5) is 5.95 Å². The van der Waals surface area contributed by atoms with E-state index in [2.05, 4.69) is 21.3 Å². The van der Waals surface area contributed by atoms with Gasteiger partial charge in [0.15, 0.2) is 0 Å². The molecule has 5 heteroatoms. The molecule has 4 rings (SSSR count). The molecule has 5 nitrogen and oxygen atoms in total. The maximum atomic E-state index is 12.6. The Balaban J connectivity index is 1.65. The monoisotopic (exact) mass is 312 g/mol. The standard InChI is InChI=1S/C18H24N4O/c23-17(13-6-5-11-19-12-13)21-18-20-15-9-3-4-10-16(15)22(18)14-7-1-2-8-14/h3-4,9-10,13-14,19H,1-2,5-8,11-12H2,(H,20,21,23). The third kappa shape index (κ3) is 2.85. The molecule has 1 saturated carbocycles. The Labute approximate surface area is 136 Å². The molecule has 1 amide bonds. The summed E-state index contributed by atoms with van der Waals surface area (Å²) in [5.41, 5.74) is 2.10. The number of nitrogens with one attached hydrogen (secondary N) is 2. The molecule has 1 atom stereocenters. The zero-order valence-electron chi connectivity index (χ0n) is 13.4. The van der Waals surface area contributed by atoms with Crippen LogP contribution < -0.4 is 10.6 Å². The fourth-order valence-corrected chi connectivity index (χ4v) is 3.95. The van der Waals surface area contributed by atoms with Gasteiger partial charge in [0.05, 0.1) is 17.0 Å². The summed E-state index contributed by atoms with van der Waals surface area (Å²) in [4.78, 5) is 17.3. The van der Waals surface area contributed by atoms with Crippen molar-refractivity contribution in [2.75, 3.05) is 18.4 Å². The minimum Gasteiger partial charge on any atom is -0.316 e. The number of benzene rings is 1. The number of rotatable bonds is 3. The predicted octanol–water partition coefficient (Wildman–Crippen LogP) is 3.09. The van der Waals surface area contributed by atoms with E-state index in [9.17, 15) is 4.79 Å². The van der Waals surface area contributed by atoms with Gasteiger partial charge in [-0.3, -0.25) is 10.1 Å². The van der Waals surface area contributed by atoms with Crippen LogP contribution in [-0.4, -0.2) is 28.5 Å². The largest absolute Gasteiger partial charge is 0.316 e. The van der Waals surface area contributed by atoms with Gasteiger partial charge in [-0.05, 0) is 44.4 Å². The molecule has 122 valence electrons.